The number of aromatic carboxylic acids is 1. The van der Waals surface area contributed by atoms with Gasteiger partial charge in [0.15, 0.2) is 0 Å². The molecule has 0 spiro atoms. The fourth-order valence-corrected chi connectivity index (χ4v) is 1.94. The first kappa shape index (κ1) is 12.7. The highest BCUT2D eigenvalue weighted by Gasteiger charge is 2.19. The van der Waals surface area contributed by atoms with E-state index in [1.165, 1.54) is 22.8 Å². The molecule has 0 aliphatic rings. The maximum Gasteiger partial charge on any atom is 0.375 e. The summed E-state index contributed by atoms with van der Waals surface area (Å²) in [6, 6.07) is 7.61. The van der Waals surface area contributed by atoms with Gasteiger partial charge in [-0.3, -0.25) is 10.1 Å². The van der Waals surface area contributed by atoms with Gasteiger partial charge in [0.05, 0.1) is 16.2 Å². The summed E-state index contributed by atoms with van der Waals surface area (Å²) in [5, 5.41) is 23.8. The van der Waals surface area contributed by atoms with Crippen LogP contribution in [0.15, 0.2) is 36.5 Å². The average molecular weight is 285 g/mol. The van der Waals surface area contributed by atoms with Crippen LogP contribution in [-0.4, -0.2) is 35.6 Å². The Kier molecular flexibility index (Phi) is 2.79. The quantitative estimate of drug-likeness (QED) is 0.569. The lowest BCUT2D eigenvalue weighted by Gasteiger charge is -2.04. The van der Waals surface area contributed by atoms with Crippen LogP contribution in [0.2, 0.25) is 0 Å². The topological polar surface area (TPSA) is 124 Å². The molecule has 0 saturated carbocycles. The number of hydrogen-bond acceptors (Lipinski definition) is 6. The normalized spacial score (nSPS) is 10.7. The van der Waals surface area contributed by atoms with Crippen LogP contribution in [-0.2, 0) is 0 Å². The lowest BCUT2D eigenvalue weighted by Crippen LogP contribution is -2.01. The predicted octanol–water partition coefficient (Wildman–Crippen LogP) is 1.40. The van der Waals surface area contributed by atoms with Gasteiger partial charge < -0.3 is 5.11 Å². The summed E-state index contributed by atoms with van der Waals surface area (Å²) in [5.74, 6) is -1.66. The van der Waals surface area contributed by atoms with E-state index in [0.717, 1.165) is 0 Å². The summed E-state index contributed by atoms with van der Waals surface area (Å²) in [6.07, 6.45) is 1.39. The Balaban J connectivity index is 2.31. The number of hydrogen-bond donors (Lipinski definition) is 1. The highest BCUT2D eigenvalue weighted by molar-refractivity contribution is 5.84. The Morgan fingerprint density at radius 2 is 2.05 bits per heavy atom. The Morgan fingerprint density at radius 1 is 1.29 bits per heavy atom. The molecule has 0 aliphatic heterocycles. The Bertz CT molecular complexity index is 873. The van der Waals surface area contributed by atoms with Crippen molar-refractivity contribution in [3.63, 3.8) is 0 Å². The largest absolute Gasteiger partial charge is 0.475 e. The zero-order chi connectivity index (χ0) is 15.0. The van der Waals surface area contributed by atoms with Gasteiger partial charge in [-0.05, 0) is 12.1 Å². The van der Waals surface area contributed by atoms with Gasteiger partial charge in [-0.1, -0.05) is 12.1 Å². The number of rotatable bonds is 3. The first-order valence-electron chi connectivity index (χ1n) is 5.77. The maximum absolute atomic E-state index is 11.1. The van der Waals surface area contributed by atoms with Crippen molar-refractivity contribution in [2.75, 3.05) is 0 Å². The minimum atomic E-state index is -1.30. The first-order valence-corrected chi connectivity index (χ1v) is 5.77. The summed E-state index contributed by atoms with van der Waals surface area (Å²) in [5.41, 5.74) is 0.529. The number of para-hydroxylation sites is 1. The van der Waals surface area contributed by atoms with Crippen LogP contribution in [0, 0.1) is 10.1 Å². The van der Waals surface area contributed by atoms with Crippen LogP contribution in [0.5, 0.6) is 0 Å². The molecule has 0 saturated heterocycles. The molecule has 0 fully saturated rings. The summed E-state index contributed by atoms with van der Waals surface area (Å²) in [6.45, 7) is 0. The second-order valence-corrected chi connectivity index (χ2v) is 4.06. The molecule has 21 heavy (non-hydrogen) atoms. The number of nitro benzene ring substituents is 1. The van der Waals surface area contributed by atoms with Crippen molar-refractivity contribution in [3.8, 4) is 11.3 Å². The second-order valence-electron chi connectivity index (χ2n) is 4.06. The van der Waals surface area contributed by atoms with E-state index in [-0.39, 0.29) is 11.5 Å². The van der Waals surface area contributed by atoms with Gasteiger partial charge in [0.1, 0.15) is 0 Å². The molecule has 1 aromatic carbocycles. The number of carboxylic acid groups (broad SMARTS) is 1. The van der Waals surface area contributed by atoms with E-state index in [9.17, 15) is 14.9 Å². The number of nitrogens with zero attached hydrogens (tertiary/aromatic N) is 5. The minimum Gasteiger partial charge on any atom is -0.475 e. The Hall–Kier alpha value is -3.36. The van der Waals surface area contributed by atoms with Gasteiger partial charge in [-0.15, -0.1) is 5.10 Å². The monoisotopic (exact) mass is 285 g/mol. The van der Waals surface area contributed by atoms with Gasteiger partial charge >= 0.3 is 5.97 Å². The van der Waals surface area contributed by atoms with Crippen molar-refractivity contribution in [1.82, 2.24) is 19.6 Å². The summed E-state index contributed by atoms with van der Waals surface area (Å²) >= 11 is 0. The van der Waals surface area contributed by atoms with Crippen molar-refractivity contribution in [2.45, 2.75) is 0 Å². The van der Waals surface area contributed by atoms with E-state index < -0.39 is 16.7 Å². The van der Waals surface area contributed by atoms with Gasteiger partial charge in [-0.2, -0.15) is 9.50 Å². The van der Waals surface area contributed by atoms with Crippen LogP contribution >= 0.6 is 0 Å². The Morgan fingerprint density at radius 3 is 2.76 bits per heavy atom. The highest BCUT2D eigenvalue weighted by atomic mass is 16.6. The fraction of sp³-hybridized carbons (Fsp3) is 0. The molecule has 104 valence electrons. The molecule has 2 heterocycles. The summed E-state index contributed by atoms with van der Waals surface area (Å²) < 4.78 is 1.17. The van der Waals surface area contributed by atoms with Gasteiger partial charge in [-0.25, -0.2) is 9.78 Å². The van der Waals surface area contributed by atoms with Crippen molar-refractivity contribution < 1.29 is 14.8 Å². The third kappa shape index (κ3) is 2.06. The number of carboxylic acids is 1. The van der Waals surface area contributed by atoms with Crippen LogP contribution in [0.4, 0.5) is 5.69 Å². The van der Waals surface area contributed by atoms with E-state index in [1.54, 1.807) is 18.2 Å². The van der Waals surface area contributed by atoms with Crippen molar-refractivity contribution in [1.29, 1.82) is 0 Å². The van der Waals surface area contributed by atoms with Crippen molar-refractivity contribution in [3.05, 3.63) is 52.5 Å². The molecular formula is C12H7N5O4. The standard InChI is InChI=1S/C12H7N5O4/c18-11(19)10-14-12-13-6-5-8(16(12)15-10)7-3-1-2-4-9(7)17(20)21/h1-6H,(H,18,19). The van der Waals surface area contributed by atoms with Crippen LogP contribution in [0.25, 0.3) is 17.0 Å². The molecule has 0 amide bonds. The molecule has 0 radical (unpaired) electrons. The number of nitro groups is 1. The molecule has 2 aromatic heterocycles. The Labute approximate surface area is 116 Å². The van der Waals surface area contributed by atoms with E-state index in [0.29, 0.717) is 11.3 Å². The van der Waals surface area contributed by atoms with Crippen LogP contribution in [0.1, 0.15) is 10.6 Å². The van der Waals surface area contributed by atoms with Gasteiger partial charge in [0.25, 0.3) is 17.3 Å². The molecule has 1 N–H and O–H groups in total. The fourth-order valence-electron chi connectivity index (χ4n) is 1.94. The minimum absolute atomic E-state index is 0.0584. The lowest BCUT2D eigenvalue weighted by atomic mass is 10.1. The van der Waals surface area contributed by atoms with Crippen molar-refractivity contribution in [2.24, 2.45) is 0 Å². The molecule has 9 heteroatoms. The number of carbonyl (C=O) groups is 1. The zero-order valence-corrected chi connectivity index (χ0v) is 10.4. The van der Waals surface area contributed by atoms with E-state index in [1.807, 2.05) is 0 Å². The summed E-state index contributed by atoms with van der Waals surface area (Å²) in [4.78, 5) is 29.1. The third-order valence-corrected chi connectivity index (χ3v) is 2.81. The molecule has 0 aliphatic carbocycles. The first-order chi connectivity index (χ1) is 10.1. The molecular weight excluding hydrogens is 278 g/mol. The van der Waals surface area contributed by atoms with E-state index in [2.05, 4.69) is 15.1 Å². The van der Waals surface area contributed by atoms with Gasteiger partial charge in [0, 0.05) is 12.3 Å². The predicted molar refractivity (Wildman–Crippen MR) is 69.8 cm³/mol. The van der Waals surface area contributed by atoms with Crippen LogP contribution < -0.4 is 0 Å². The van der Waals surface area contributed by atoms with E-state index >= 15 is 0 Å². The smallest absolute Gasteiger partial charge is 0.375 e. The highest BCUT2D eigenvalue weighted by Crippen LogP contribution is 2.28. The number of fused-ring (bicyclic) bond motifs is 1. The summed E-state index contributed by atoms with van der Waals surface area (Å²) in [7, 11) is 0. The van der Waals surface area contributed by atoms with E-state index in [4.69, 9.17) is 5.11 Å². The molecule has 0 bridgehead atoms. The molecule has 0 unspecified atom stereocenters. The molecule has 3 rings (SSSR count). The number of benzene rings is 1. The van der Waals surface area contributed by atoms with Crippen LogP contribution in [0.3, 0.4) is 0 Å². The maximum atomic E-state index is 11.1. The third-order valence-electron chi connectivity index (χ3n) is 2.81. The second kappa shape index (κ2) is 4.63. The van der Waals surface area contributed by atoms with Crippen molar-refractivity contribution >= 4 is 17.4 Å². The van der Waals surface area contributed by atoms with Gasteiger partial charge in [0.2, 0.25) is 0 Å². The zero-order valence-electron chi connectivity index (χ0n) is 10.4. The average Bonchev–Trinajstić information content (AvgIpc) is 2.91. The number of aromatic nitrogens is 4. The molecule has 3 aromatic rings. The molecule has 9 nitrogen and oxygen atoms in total. The lowest BCUT2D eigenvalue weighted by molar-refractivity contribution is -0.384. The SMILES string of the molecule is O=C(O)c1nc2nccc(-c3ccccc3[N+](=O)[O-])n2n1. The molecule has 0 atom stereocenters.